The summed E-state index contributed by atoms with van der Waals surface area (Å²) in [7, 11) is 1.64. The third kappa shape index (κ3) is 3.27. The van der Waals surface area contributed by atoms with Crippen LogP contribution in [-0.4, -0.2) is 24.6 Å². The van der Waals surface area contributed by atoms with Crippen LogP contribution >= 0.6 is 11.3 Å². The number of amides is 1. The highest BCUT2D eigenvalue weighted by Crippen LogP contribution is 2.34. The number of carbonyl (C=O) groups is 1. The van der Waals surface area contributed by atoms with Crippen molar-refractivity contribution in [3.8, 4) is 22.8 Å². The van der Waals surface area contributed by atoms with Crippen molar-refractivity contribution in [3.05, 3.63) is 47.8 Å². The maximum atomic E-state index is 11.5. The standard InChI is InChI=1S/C18H15N3O3S/c1-23-13-4-2-3-12(8-13)19-18-21-15(10-25-18)11-5-6-16-14(7-11)20-17(22)9-24-16/h2-8,10H,9H2,1H3,(H,19,21)(H,20,22). The Morgan fingerprint density at radius 2 is 2.20 bits per heavy atom. The van der Waals surface area contributed by atoms with Gasteiger partial charge >= 0.3 is 0 Å². The molecular weight excluding hydrogens is 338 g/mol. The molecule has 0 spiro atoms. The number of benzene rings is 2. The highest BCUT2D eigenvalue weighted by Gasteiger charge is 2.17. The average Bonchev–Trinajstić information content (AvgIpc) is 3.09. The van der Waals surface area contributed by atoms with Crippen LogP contribution in [0.5, 0.6) is 11.5 Å². The number of thiazole rings is 1. The third-order valence-corrected chi connectivity index (χ3v) is 4.49. The average molecular weight is 353 g/mol. The van der Waals surface area contributed by atoms with E-state index in [9.17, 15) is 4.79 Å². The molecule has 2 heterocycles. The van der Waals surface area contributed by atoms with Crippen LogP contribution in [0, 0.1) is 0 Å². The molecule has 1 aliphatic rings. The van der Waals surface area contributed by atoms with Gasteiger partial charge < -0.3 is 20.1 Å². The zero-order valence-corrected chi connectivity index (χ0v) is 14.2. The van der Waals surface area contributed by atoms with Crippen molar-refractivity contribution in [2.75, 3.05) is 24.4 Å². The molecule has 0 fully saturated rings. The van der Waals surface area contributed by atoms with Gasteiger partial charge in [-0.25, -0.2) is 4.98 Å². The summed E-state index contributed by atoms with van der Waals surface area (Å²) < 4.78 is 10.6. The van der Waals surface area contributed by atoms with E-state index in [4.69, 9.17) is 9.47 Å². The van der Waals surface area contributed by atoms with Gasteiger partial charge in [0.1, 0.15) is 11.5 Å². The van der Waals surface area contributed by atoms with Gasteiger partial charge in [-0.1, -0.05) is 6.07 Å². The molecular formula is C18H15N3O3S. The first-order chi connectivity index (χ1) is 12.2. The van der Waals surface area contributed by atoms with Crippen molar-refractivity contribution in [2.45, 2.75) is 0 Å². The Hall–Kier alpha value is -3.06. The smallest absolute Gasteiger partial charge is 0.262 e. The van der Waals surface area contributed by atoms with Crippen LogP contribution in [0.2, 0.25) is 0 Å². The summed E-state index contributed by atoms with van der Waals surface area (Å²) in [5, 5.41) is 8.83. The van der Waals surface area contributed by atoms with Crippen LogP contribution in [0.25, 0.3) is 11.3 Å². The van der Waals surface area contributed by atoms with E-state index >= 15 is 0 Å². The van der Waals surface area contributed by atoms with Crippen LogP contribution in [0.4, 0.5) is 16.5 Å². The van der Waals surface area contributed by atoms with E-state index < -0.39 is 0 Å². The number of nitrogens with zero attached hydrogens (tertiary/aromatic N) is 1. The maximum absolute atomic E-state index is 11.5. The monoisotopic (exact) mass is 353 g/mol. The lowest BCUT2D eigenvalue weighted by Gasteiger charge is -2.18. The normalized spacial score (nSPS) is 12.8. The SMILES string of the molecule is COc1cccc(Nc2nc(-c3ccc4c(c3)NC(=O)CO4)cs2)c1. The van der Waals surface area contributed by atoms with Gasteiger partial charge in [0.2, 0.25) is 0 Å². The Labute approximate surface area is 148 Å². The van der Waals surface area contributed by atoms with Crippen molar-refractivity contribution >= 4 is 33.8 Å². The fraction of sp³-hybridized carbons (Fsp3) is 0.111. The molecule has 0 bridgehead atoms. The largest absolute Gasteiger partial charge is 0.497 e. The van der Waals surface area contributed by atoms with Gasteiger partial charge in [0.25, 0.3) is 5.91 Å². The molecule has 2 aromatic carbocycles. The van der Waals surface area contributed by atoms with Crippen LogP contribution in [-0.2, 0) is 4.79 Å². The number of carbonyl (C=O) groups excluding carboxylic acids is 1. The molecule has 6 nitrogen and oxygen atoms in total. The van der Waals surface area contributed by atoms with Crippen molar-refractivity contribution in [1.29, 1.82) is 0 Å². The highest BCUT2D eigenvalue weighted by molar-refractivity contribution is 7.14. The second-order valence-corrected chi connectivity index (χ2v) is 6.30. The highest BCUT2D eigenvalue weighted by atomic mass is 32.1. The molecule has 7 heteroatoms. The van der Waals surface area contributed by atoms with Gasteiger partial charge in [0.05, 0.1) is 18.5 Å². The van der Waals surface area contributed by atoms with Gasteiger partial charge in [0, 0.05) is 22.7 Å². The molecule has 1 amide bonds. The predicted molar refractivity (Wildman–Crippen MR) is 98.0 cm³/mol. The molecule has 0 saturated heterocycles. The van der Waals surface area contributed by atoms with Crippen LogP contribution in [0.15, 0.2) is 47.8 Å². The maximum Gasteiger partial charge on any atom is 0.262 e. The molecule has 1 aromatic heterocycles. The molecule has 3 aromatic rings. The number of aromatic nitrogens is 1. The number of fused-ring (bicyclic) bond motifs is 1. The number of hydrogen-bond acceptors (Lipinski definition) is 6. The number of hydrogen-bond donors (Lipinski definition) is 2. The first-order valence-electron chi connectivity index (χ1n) is 7.65. The Bertz CT molecular complexity index is 939. The molecule has 2 N–H and O–H groups in total. The van der Waals surface area contributed by atoms with Gasteiger partial charge in [-0.3, -0.25) is 4.79 Å². The fourth-order valence-electron chi connectivity index (χ4n) is 2.53. The van der Waals surface area contributed by atoms with E-state index in [0.29, 0.717) is 11.4 Å². The summed E-state index contributed by atoms with van der Waals surface area (Å²) in [5.41, 5.74) is 3.33. The lowest BCUT2D eigenvalue weighted by molar-refractivity contribution is -0.118. The van der Waals surface area contributed by atoms with Gasteiger partial charge in [0.15, 0.2) is 11.7 Å². The Morgan fingerprint density at radius 1 is 1.28 bits per heavy atom. The fourth-order valence-corrected chi connectivity index (χ4v) is 3.27. The molecule has 0 radical (unpaired) electrons. The van der Waals surface area contributed by atoms with E-state index in [1.807, 2.05) is 47.8 Å². The van der Waals surface area contributed by atoms with Crippen LogP contribution < -0.4 is 20.1 Å². The lowest BCUT2D eigenvalue weighted by atomic mass is 10.1. The van der Waals surface area contributed by atoms with E-state index in [2.05, 4.69) is 15.6 Å². The minimum Gasteiger partial charge on any atom is -0.497 e. The van der Waals surface area contributed by atoms with E-state index in [-0.39, 0.29) is 12.5 Å². The summed E-state index contributed by atoms with van der Waals surface area (Å²) in [6.45, 7) is 0.0532. The number of rotatable bonds is 4. The number of nitrogens with one attached hydrogen (secondary N) is 2. The summed E-state index contributed by atoms with van der Waals surface area (Å²) in [5.74, 6) is 1.31. The quantitative estimate of drug-likeness (QED) is 0.744. The van der Waals surface area contributed by atoms with E-state index in [0.717, 1.165) is 27.8 Å². The zero-order valence-electron chi connectivity index (χ0n) is 13.4. The molecule has 126 valence electrons. The summed E-state index contributed by atoms with van der Waals surface area (Å²) in [6.07, 6.45) is 0. The van der Waals surface area contributed by atoms with Crippen LogP contribution in [0.1, 0.15) is 0 Å². The Morgan fingerprint density at radius 3 is 3.08 bits per heavy atom. The zero-order chi connectivity index (χ0) is 17.2. The molecule has 0 atom stereocenters. The molecule has 0 aliphatic carbocycles. The topological polar surface area (TPSA) is 72.5 Å². The van der Waals surface area contributed by atoms with Crippen molar-refractivity contribution in [2.24, 2.45) is 0 Å². The second-order valence-electron chi connectivity index (χ2n) is 5.44. The van der Waals surface area contributed by atoms with Gasteiger partial charge in [-0.15, -0.1) is 11.3 Å². The number of methoxy groups -OCH3 is 1. The second kappa shape index (κ2) is 6.45. The first kappa shape index (κ1) is 15.5. The third-order valence-electron chi connectivity index (χ3n) is 3.73. The Kier molecular flexibility index (Phi) is 3.99. The van der Waals surface area contributed by atoms with Crippen molar-refractivity contribution < 1.29 is 14.3 Å². The summed E-state index contributed by atoms with van der Waals surface area (Å²) in [6, 6.07) is 13.3. The summed E-state index contributed by atoms with van der Waals surface area (Å²) >= 11 is 1.51. The van der Waals surface area contributed by atoms with E-state index in [1.165, 1.54) is 11.3 Å². The number of ether oxygens (including phenoxy) is 2. The molecule has 1 aliphatic heterocycles. The molecule has 4 rings (SSSR count). The number of anilines is 3. The van der Waals surface area contributed by atoms with Crippen molar-refractivity contribution in [3.63, 3.8) is 0 Å². The van der Waals surface area contributed by atoms with Crippen molar-refractivity contribution in [1.82, 2.24) is 4.98 Å². The Balaban J connectivity index is 1.57. The van der Waals surface area contributed by atoms with Gasteiger partial charge in [-0.2, -0.15) is 0 Å². The minimum absolute atomic E-state index is 0.0532. The van der Waals surface area contributed by atoms with Crippen LogP contribution in [0.3, 0.4) is 0 Å². The summed E-state index contributed by atoms with van der Waals surface area (Å²) in [4.78, 5) is 16.1. The molecule has 25 heavy (non-hydrogen) atoms. The predicted octanol–water partition coefficient (Wildman–Crippen LogP) is 3.89. The molecule has 0 saturated carbocycles. The minimum atomic E-state index is -0.150. The van der Waals surface area contributed by atoms with Gasteiger partial charge in [-0.05, 0) is 30.3 Å². The lowest BCUT2D eigenvalue weighted by Crippen LogP contribution is -2.25. The van der Waals surface area contributed by atoms with E-state index in [1.54, 1.807) is 7.11 Å². The first-order valence-corrected chi connectivity index (χ1v) is 8.53. The molecule has 0 unspecified atom stereocenters.